The highest BCUT2D eigenvalue weighted by Crippen LogP contribution is 2.27. The van der Waals surface area contributed by atoms with Crippen molar-refractivity contribution in [2.45, 2.75) is 26.2 Å². The molecule has 1 fully saturated rings. The number of carbonyl (C=O) groups excluding carboxylic acids is 3. The van der Waals surface area contributed by atoms with Crippen LogP contribution in [-0.4, -0.2) is 38.0 Å². The number of nitrogens with zero attached hydrogens (tertiary/aromatic N) is 1. The summed E-state index contributed by atoms with van der Waals surface area (Å²) in [5, 5.41) is 2.82. The van der Waals surface area contributed by atoms with Crippen LogP contribution in [0.3, 0.4) is 0 Å². The zero-order valence-corrected chi connectivity index (χ0v) is 17.2. The van der Waals surface area contributed by atoms with Gasteiger partial charge in [-0.25, -0.2) is 4.79 Å². The molecule has 7 nitrogen and oxygen atoms in total. The lowest BCUT2D eigenvalue weighted by molar-refractivity contribution is -0.122. The summed E-state index contributed by atoms with van der Waals surface area (Å²) in [6.07, 6.45) is 1.94. The van der Waals surface area contributed by atoms with E-state index in [1.807, 2.05) is 6.92 Å². The molecule has 0 radical (unpaired) electrons. The minimum Gasteiger partial charge on any atom is -0.497 e. The van der Waals surface area contributed by atoms with E-state index in [4.69, 9.17) is 9.47 Å². The number of hydrogen-bond acceptors (Lipinski definition) is 5. The zero-order chi connectivity index (χ0) is 21.5. The normalized spacial score (nSPS) is 15.7. The summed E-state index contributed by atoms with van der Waals surface area (Å²) >= 11 is 0. The monoisotopic (exact) mass is 410 g/mol. The van der Waals surface area contributed by atoms with Gasteiger partial charge in [-0.05, 0) is 55.0 Å². The summed E-state index contributed by atoms with van der Waals surface area (Å²) in [6, 6.07) is 13.7. The summed E-state index contributed by atoms with van der Waals surface area (Å²) in [6.45, 7) is 2.74. The number of esters is 1. The fourth-order valence-electron chi connectivity index (χ4n) is 3.22. The van der Waals surface area contributed by atoms with Crippen molar-refractivity contribution in [3.05, 3.63) is 54.1 Å². The number of hydrogen-bond donors (Lipinski definition) is 1. The van der Waals surface area contributed by atoms with Gasteiger partial charge in [-0.3, -0.25) is 9.59 Å². The summed E-state index contributed by atoms with van der Waals surface area (Å²) in [5.41, 5.74) is 1.74. The highest BCUT2D eigenvalue weighted by Gasteiger charge is 2.35. The van der Waals surface area contributed by atoms with Crippen LogP contribution in [0.25, 0.3) is 0 Å². The molecule has 0 aliphatic carbocycles. The van der Waals surface area contributed by atoms with Crippen molar-refractivity contribution in [3.8, 4) is 5.75 Å². The number of rotatable bonds is 8. The Balaban J connectivity index is 1.56. The molecule has 7 heteroatoms. The first-order chi connectivity index (χ1) is 14.5. The van der Waals surface area contributed by atoms with Crippen LogP contribution in [0.1, 0.15) is 36.5 Å². The molecule has 0 unspecified atom stereocenters. The summed E-state index contributed by atoms with van der Waals surface area (Å²) in [7, 11) is 1.58. The number of unbranched alkanes of at least 4 members (excludes halogenated alkanes) is 1. The molecule has 2 aromatic rings. The lowest BCUT2D eigenvalue weighted by Crippen LogP contribution is -2.28. The Morgan fingerprint density at radius 2 is 1.80 bits per heavy atom. The fraction of sp³-hybridized carbons (Fsp3) is 0.348. The van der Waals surface area contributed by atoms with Gasteiger partial charge in [0, 0.05) is 24.3 Å². The van der Waals surface area contributed by atoms with Gasteiger partial charge in [0.05, 0.1) is 25.2 Å². The van der Waals surface area contributed by atoms with E-state index >= 15 is 0 Å². The Labute approximate surface area is 176 Å². The first kappa shape index (κ1) is 21.4. The van der Waals surface area contributed by atoms with Crippen LogP contribution >= 0.6 is 0 Å². The minimum atomic E-state index is -0.446. The lowest BCUT2D eigenvalue weighted by Gasteiger charge is -2.17. The molecule has 1 N–H and O–H groups in total. The van der Waals surface area contributed by atoms with Crippen LogP contribution in [0.2, 0.25) is 0 Å². The number of benzene rings is 2. The molecule has 1 aliphatic rings. The van der Waals surface area contributed by atoms with E-state index in [2.05, 4.69) is 5.32 Å². The van der Waals surface area contributed by atoms with Crippen molar-refractivity contribution >= 4 is 29.2 Å². The molecule has 0 saturated carbocycles. The number of carbonyl (C=O) groups is 3. The quantitative estimate of drug-likeness (QED) is 0.530. The van der Waals surface area contributed by atoms with E-state index in [0.717, 1.165) is 18.5 Å². The van der Waals surface area contributed by atoms with Crippen LogP contribution in [-0.2, 0) is 14.3 Å². The van der Waals surface area contributed by atoms with Gasteiger partial charge in [0.15, 0.2) is 0 Å². The summed E-state index contributed by atoms with van der Waals surface area (Å²) in [4.78, 5) is 38.6. The van der Waals surface area contributed by atoms with Crippen molar-refractivity contribution in [2.75, 3.05) is 30.5 Å². The second-order valence-corrected chi connectivity index (χ2v) is 7.16. The highest BCUT2D eigenvalue weighted by molar-refractivity contribution is 6.03. The SMILES string of the molecule is CCCCOC(=O)c1ccc(NC(=O)[C@H]2CC(=O)N(c3ccc(OC)cc3)C2)cc1. The molecule has 3 rings (SSSR count). The van der Waals surface area contributed by atoms with Crippen molar-refractivity contribution in [1.29, 1.82) is 0 Å². The first-order valence-electron chi connectivity index (χ1n) is 10.0. The zero-order valence-electron chi connectivity index (χ0n) is 17.2. The third kappa shape index (κ3) is 5.17. The maximum atomic E-state index is 12.6. The number of nitrogens with one attached hydrogen (secondary N) is 1. The predicted molar refractivity (Wildman–Crippen MR) is 114 cm³/mol. The smallest absolute Gasteiger partial charge is 0.338 e. The average molecular weight is 410 g/mol. The van der Waals surface area contributed by atoms with Gasteiger partial charge in [-0.15, -0.1) is 0 Å². The van der Waals surface area contributed by atoms with Gasteiger partial charge < -0.3 is 19.7 Å². The molecule has 2 aromatic carbocycles. The molecule has 0 bridgehead atoms. The van der Waals surface area contributed by atoms with E-state index in [1.54, 1.807) is 60.5 Å². The van der Waals surface area contributed by atoms with Crippen molar-refractivity contribution in [3.63, 3.8) is 0 Å². The molecular formula is C23H26N2O5. The van der Waals surface area contributed by atoms with Crippen molar-refractivity contribution in [2.24, 2.45) is 5.92 Å². The van der Waals surface area contributed by atoms with Gasteiger partial charge >= 0.3 is 5.97 Å². The maximum absolute atomic E-state index is 12.6. The van der Waals surface area contributed by atoms with Gasteiger partial charge in [0.2, 0.25) is 11.8 Å². The minimum absolute atomic E-state index is 0.0921. The van der Waals surface area contributed by atoms with E-state index < -0.39 is 5.92 Å². The maximum Gasteiger partial charge on any atom is 0.338 e. The third-order valence-electron chi connectivity index (χ3n) is 5.00. The number of amides is 2. The van der Waals surface area contributed by atoms with E-state index in [0.29, 0.717) is 30.2 Å². The Morgan fingerprint density at radius 1 is 1.10 bits per heavy atom. The Kier molecular flexibility index (Phi) is 7.06. The van der Waals surface area contributed by atoms with Crippen LogP contribution in [0.5, 0.6) is 5.75 Å². The third-order valence-corrected chi connectivity index (χ3v) is 5.00. The Bertz CT molecular complexity index is 893. The Morgan fingerprint density at radius 3 is 2.43 bits per heavy atom. The summed E-state index contributed by atoms with van der Waals surface area (Å²) < 4.78 is 10.3. The molecule has 1 aliphatic heterocycles. The molecule has 2 amide bonds. The largest absolute Gasteiger partial charge is 0.497 e. The predicted octanol–water partition coefficient (Wildman–Crippen LogP) is 3.64. The second kappa shape index (κ2) is 9.91. The summed E-state index contributed by atoms with van der Waals surface area (Å²) in [5.74, 6) is -0.434. The van der Waals surface area contributed by atoms with Crippen LogP contribution in [0, 0.1) is 5.92 Å². The van der Waals surface area contributed by atoms with E-state index in [9.17, 15) is 14.4 Å². The average Bonchev–Trinajstić information content (AvgIpc) is 3.16. The molecule has 0 aromatic heterocycles. The fourth-order valence-corrected chi connectivity index (χ4v) is 3.22. The number of methoxy groups -OCH3 is 1. The van der Waals surface area contributed by atoms with Crippen molar-refractivity contribution < 1.29 is 23.9 Å². The lowest BCUT2D eigenvalue weighted by atomic mass is 10.1. The molecule has 1 saturated heterocycles. The van der Waals surface area contributed by atoms with Gasteiger partial charge in [0.25, 0.3) is 0 Å². The van der Waals surface area contributed by atoms with E-state index in [-0.39, 0.29) is 24.2 Å². The molecule has 1 atom stereocenters. The topological polar surface area (TPSA) is 84.9 Å². The highest BCUT2D eigenvalue weighted by atomic mass is 16.5. The second-order valence-electron chi connectivity index (χ2n) is 7.16. The van der Waals surface area contributed by atoms with Crippen LogP contribution in [0.4, 0.5) is 11.4 Å². The van der Waals surface area contributed by atoms with Crippen LogP contribution in [0.15, 0.2) is 48.5 Å². The van der Waals surface area contributed by atoms with Crippen molar-refractivity contribution in [1.82, 2.24) is 0 Å². The molecule has 0 spiro atoms. The molecule has 158 valence electrons. The number of ether oxygens (including phenoxy) is 2. The Hall–Kier alpha value is -3.35. The molecule has 1 heterocycles. The van der Waals surface area contributed by atoms with Gasteiger partial charge in [-0.2, -0.15) is 0 Å². The van der Waals surface area contributed by atoms with Gasteiger partial charge in [-0.1, -0.05) is 13.3 Å². The van der Waals surface area contributed by atoms with E-state index in [1.165, 1.54) is 0 Å². The molecule has 30 heavy (non-hydrogen) atoms. The number of anilines is 2. The first-order valence-corrected chi connectivity index (χ1v) is 10.0. The molecular weight excluding hydrogens is 384 g/mol. The van der Waals surface area contributed by atoms with Crippen LogP contribution < -0.4 is 15.0 Å². The standard InChI is InChI=1S/C23H26N2O5/c1-3-4-13-30-23(28)16-5-7-18(8-6-16)24-22(27)17-14-21(26)25(15-17)19-9-11-20(29-2)12-10-19/h5-12,17H,3-4,13-15H2,1-2H3,(H,24,27)/t17-/m0/s1. The van der Waals surface area contributed by atoms with Gasteiger partial charge in [0.1, 0.15) is 5.75 Å².